The van der Waals surface area contributed by atoms with Crippen molar-refractivity contribution in [2.24, 2.45) is 5.92 Å². The van der Waals surface area contributed by atoms with E-state index < -0.39 is 0 Å². The van der Waals surface area contributed by atoms with Crippen LogP contribution in [0.15, 0.2) is 36.5 Å². The van der Waals surface area contributed by atoms with Crippen molar-refractivity contribution < 1.29 is 14.3 Å². The van der Waals surface area contributed by atoms with E-state index >= 15 is 0 Å². The molecule has 32 heavy (non-hydrogen) atoms. The van der Waals surface area contributed by atoms with E-state index in [-0.39, 0.29) is 18.3 Å². The number of rotatable bonds is 5. The largest absolute Gasteiger partial charge is 0.497 e. The number of amides is 1. The molecule has 8 heteroatoms. The number of aromatic nitrogens is 2. The second kappa shape index (κ2) is 10.0. The van der Waals surface area contributed by atoms with Gasteiger partial charge in [0.1, 0.15) is 11.5 Å². The van der Waals surface area contributed by atoms with Gasteiger partial charge in [-0.1, -0.05) is 6.92 Å². The average Bonchev–Trinajstić information content (AvgIpc) is 2.78. The molecule has 3 aromatic rings. The molecule has 3 heterocycles. The molecular weight excluding hydrogens is 428 g/mol. The predicted octanol–water partition coefficient (Wildman–Crippen LogP) is 4.99. The molecule has 1 unspecified atom stereocenters. The van der Waals surface area contributed by atoms with Gasteiger partial charge >= 0.3 is 0 Å². The van der Waals surface area contributed by atoms with E-state index in [0.29, 0.717) is 34.3 Å². The van der Waals surface area contributed by atoms with Gasteiger partial charge in [-0.15, -0.1) is 12.4 Å². The molecule has 0 aliphatic carbocycles. The van der Waals surface area contributed by atoms with Crippen molar-refractivity contribution in [1.82, 2.24) is 14.9 Å². The Balaban J connectivity index is 0.00000289. The summed E-state index contributed by atoms with van der Waals surface area (Å²) in [7, 11) is 3.22. The van der Waals surface area contributed by atoms with Crippen molar-refractivity contribution in [1.29, 1.82) is 0 Å². The van der Waals surface area contributed by atoms with E-state index in [2.05, 4.69) is 22.2 Å². The number of nitrogens with zero attached hydrogens (tertiary/aromatic N) is 3. The molecule has 0 spiro atoms. The molecule has 0 radical (unpaired) electrons. The maximum Gasteiger partial charge on any atom is 0.257 e. The Labute approximate surface area is 194 Å². The number of ether oxygens (including phenoxy) is 2. The number of nitrogens with one attached hydrogen (secondary N) is 1. The Morgan fingerprint density at radius 3 is 2.53 bits per heavy atom. The summed E-state index contributed by atoms with van der Waals surface area (Å²) in [6.07, 6.45) is 3.80. The van der Waals surface area contributed by atoms with Crippen LogP contribution in [0, 0.1) is 12.8 Å². The lowest BCUT2D eigenvalue weighted by Gasteiger charge is -2.31. The lowest BCUT2D eigenvalue weighted by molar-refractivity contribution is 0.0684. The normalized spacial score (nSPS) is 15.8. The topological polar surface area (TPSA) is 76.6 Å². The third kappa shape index (κ3) is 4.88. The second-order valence-electron chi connectivity index (χ2n) is 8.10. The molecule has 1 N–H and O–H groups in total. The Morgan fingerprint density at radius 2 is 1.88 bits per heavy atom. The third-order valence-electron chi connectivity index (χ3n) is 5.66. The van der Waals surface area contributed by atoms with Gasteiger partial charge in [0.25, 0.3) is 5.91 Å². The molecule has 7 nitrogen and oxygen atoms in total. The fraction of sp³-hybridized carbons (Fsp3) is 0.375. The molecule has 1 amide bonds. The number of carbonyl (C=O) groups excluding carboxylic acids is 1. The molecule has 1 aromatic carbocycles. The minimum absolute atomic E-state index is 0. The van der Waals surface area contributed by atoms with Gasteiger partial charge in [-0.25, -0.2) is 9.97 Å². The van der Waals surface area contributed by atoms with Crippen molar-refractivity contribution in [3.63, 3.8) is 0 Å². The summed E-state index contributed by atoms with van der Waals surface area (Å²) in [4.78, 5) is 24.5. The first-order valence-electron chi connectivity index (χ1n) is 10.5. The number of likely N-dealkylation sites (tertiary alicyclic amines) is 1. The molecular formula is C24H29ClN4O3. The molecule has 2 aromatic heterocycles. The average molecular weight is 457 g/mol. The van der Waals surface area contributed by atoms with Crippen LogP contribution in [0.1, 0.15) is 35.8 Å². The maximum atomic E-state index is 13.5. The van der Waals surface area contributed by atoms with Gasteiger partial charge in [-0.05, 0) is 37.8 Å². The Morgan fingerprint density at radius 1 is 1.16 bits per heavy atom. The number of aryl methyl sites for hydroxylation is 1. The van der Waals surface area contributed by atoms with Gasteiger partial charge < -0.3 is 19.7 Å². The number of methoxy groups -OCH3 is 2. The smallest absolute Gasteiger partial charge is 0.257 e. The fourth-order valence-corrected chi connectivity index (χ4v) is 4.04. The van der Waals surface area contributed by atoms with Crippen LogP contribution in [-0.4, -0.2) is 48.1 Å². The van der Waals surface area contributed by atoms with Crippen LogP contribution in [0.25, 0.3) is 11.0 Å². The van der Waals surface area contributed by atoms with Gasteiger partial charge in [0.15, 0.2) is 5.65 Å². The Hall–Kier alpha value is -3.06. The molecule has 1 aliphatic rings. The van der Waals surface area contributed by atoms with E-state index in [1.165, 1.54) is 0 Å². The number of halogens is 1. The molecule has 170 valence electrons. The van der Waals surface area contributed by atoms with Crippen LogP contribution in [0.3, 0.4) is 0 Å². The van der Waals surface area contributed by atoms with Crippen LogP contribution >= 0.6 is 12.4 Å². The highest BCUT2D eigenvalue weighted by Gasteiger charge is 2.25. The highest BCUT2D eigenvalue weighted by Crippen LogP contribution is 2.33. The summed E-state index contributed by atoms with van der Waals surface area (Å²) in [5, 5.41) is 4.22. The minimum Gasteiger partial charge on any atom is -0.497 e. The molecule has 1 fully saturated rings. The highest BCUT2D eigenvalue weighted by molar-refractivity contribution is 6.07. The van der Waals surface area contributed by atoms with Crippen LogP contribution in [-0.2, 0) is 0 Å². The fourth-order valence-electron chi connectivity index (χ4n) is 4.04. The number of fused-ring (bicyclic) bond motifs is 1. The first-order valence-corrected chi connectivity index (χ1v) is 10.5. The Bertz CT molecular complexity index is 1100. The number of anilines is 2. The van der Waals surface area contributed by atoms with E-state index in [9.17, 15) is 4.79 Å². The number of hydrogen-bond acceptors (Lipinski definition) is 6. The third-order valence-corrected chi connectivity index (χ3v) is 5.66. The first-order chi connectivity index (χ1) is 15.0. The van der Waals surface area contributed by atoms with Crippen molar-refractivity contribution in [2.75, 3.05) is 32.6 Å². The van der Waals surface area contributed by atoms with Crippen LogP contribution in [0.2, 0.25) is 0 Å². The summed E-state index contributed by atoms with van der Waals surface area (Å²) in [5.41, 5.74) is 3.45. The lowest BCUT2D eigenvalue weighted by atomic mass is 9.99. The Kier molecular flexibility index (Phi) is 7.40. The molecule has 0 bridgehead atoms. The van der Waals surface area contributed by atoms with Crippen molar-refractivity contribution in [3.05, 3.63) is 47.8 Å². The highest BCUT2D eigenvalue weighted by atomic mass is 35.5. The SMILES string of the molecule is COc1cc(Nc2c(C(=O)N3CCCC(C)C3)cnc3nc(C)ccc23)cc(OC)c1.Cl. The van der Waals surface area contributed by atoms with Crippen molar-refractivity contribution >= 4 is 40.7 Å². The van der Waals surface area contributed by atoms with E-state index in [4.69, 9.17) is 9.47 Å². The summed E-state index contributed by atoms with van der Waals surface area (Å²) in [6.45, 7) is 5.64. The predicted molar refractivity (Wildman–Crippen MR) is 129 cm³/mol. The van der Waals surface area contributed by atoms with E-state index in [1.54, 1.807) is 20.4 Å². The molecule has 0 saturated carbocycles. The van der Waals surface area contributed by atoms with E-state index in [0.717, 1.165) is 42.7 Å². The molecule has 1 saturated heterocycles. The summed E-state index contributed by atoms with van der Waals surface area (Å²) in [6, 6.07) is 9.43. The quantitative estimate of drug-likeness (QED) is 0.582. The zero-order chi connectivity index (χ0) is 22.0. The van der Waals surface area contributed by atoms with E-state index in [1.807, 2.05) is 42.2 Å². The molecule has 1 atom stereocenters. The van der Waals surface area contributed by atoms with Gasteiger partial charge in [-0.2, -0.15) is 0 Å². The van der Waals surface area contributed by atoms with Gasteiger partial charge in [-0.3, -0.25) is 4.79 Å². The second-order valence-corrected chi connectivity index (χ2v) is 8.10. The van der Waals surface area contributed by atoms with Gasteiger partial charge in [0.05, 0.1) is 25.5 Å². The number of hydrogen-bond donors (Lipinski definition) is 1. The zero-order valence-corrected chi connectivity index (χ0v) is 19.7. The summed E-state index contributed by atoms with van der Waals surface area (Å²) >= 11 is 0. The maximum absolute atomic E-state index is 13.5. The first kappa shape index (κ1) is 23.6. The number of carbonyl (C=O) groups is 1. The van der Waals surface area contributed by atoms with Crippen molar-refractivity contribution in [3.8, 4) is 11.5 Å². The molecule has 1 aliphatic heterocycles. The lowest BCUT2D eigenvalue weighted by Crippen LogP contribution is -2.39. The minimum atomic E-state index is -0.0149. The number of piperidine rings is 1. The van der Waals surface area contributed by atoms with Crippen LogP contribution < -0.4 is 14.8 Å². The van der Waals surface area contributed by atoms with Gasteiger partial charge in [0, 0.05) is 54.3 Å². The van der Waals surface area contributed by atoms with Crippen molar-refractivity contribution in [2.45, 2.75) is 26.7 Å². The summed E-state index contributed by atoms with van der Waals surface area (Å²) in [5.74, 6) is 1.80. The number of pyridine rings is 2. The van der Waals surface area contributed by atoms with Crippen LogP contribution in [0.4, 0.5) is 11.4 Å². The van der Waals surface area contributed by atoms with Crippen LogP contribution in [0.5, 0.6) is 11.5 Å². The monoisotopic (exact) mass is 456 g/mol. The standard InChI is InChI=1S/C24H28N4O3.ClH/c1-15-6-5-9-28(14-15)24(29)21-13-25-23-20(8-7-16(2)26-23)22(21)27-17-10-18(30-3)12-19(11-17)31-4;/h7-8,10-13,15H,5-6,9,14H2,1-4H3,(H,25,26,27);1H. The number of benzene rings is 1. The zero-order valence-electron chi connectivity index (χ0n) is 18.8. The molecule has 4 rings (SSSR count). The van der Waals surface area contributed by atoms with Gasteiger partial charge in [0.2, 0.25) is 0 Å². The summed E-state index contributed by atoms with van der Waals surface area (Å²) < 4.78 is 10.8.